The number of nitrogens with zero attached hydrogens (tertiary/aromatic N) is 4. The summed E-state index contributed by atoms with van der Waals surface area (Å²) in [6.45, 7) is 2.67. The monoisotopic (exact) mass is 478 g/mol. The van der Waals surface area contributed by atoms with Crippen LogP contribution >= 0.6 is 11.8 Å². The summed E-state index contributed by atoms with van der Waals surface area (Å²) in [6.07, 6.45) is 1.50. The highest BCUT2D eigenvalue weighted by molar-refractivity contribution is 8.18. The number of piperidine rings is 1. The first-order chi connectivity index (χ1) is 15.8. The van der Waals surface area contributed by atoms with Crippen molar-refractivity contribution in [3.8, 4) is 0 Å². The molecule has 0 radical (unpaired) electrons. The van der Waals surface area contributed by atoms with Crippen LogP contribution < -0.4 is 15.5 Å². The highest BCUT2D eigenvalue weighted by atomic mass is 32.2. The van der Waals surface area contributed by atoms with E-state index in [9.17, 15) is 22.8 Å². The molecule has 4 rings (SSSR count). The summed E-state index contributed by atoms with van der Waals surface area (Å²) in [7, 11) is 0. The van der Waals surface area contributed by atoms with Gasteiger partial charge in [-0.05, 0) is 61.3 Å². The lowest BCUT2D eigenvalue weighted by Gasteiger charge is -2.32. The van der Waals surface area contributed by atoms with E-state index in [-0.39, 0.29) is 0 Å². The van der Waals surface area contributed by atoms with Crippen LogP contribution in [0.25, 0.3) is 6.08 Å². The molecule has 12 heteroatoms. The number of pyridine rings is 1. The highest BCUT2D eigenvalue weighted by Crippen LogP contribution is 2.28. The fourth-order valence-corrected chi connectivity index (χ4v) is 4.26. The normalized spacial score (nSPS) is 18.8. The molecule has 2 fully saturated rings. The molecule has 2 aromatic rings. The number of aromatic nitrogens is 3. The van der Waals surface area contributed by atoms with Crippen LogP contribution in [0.1, 0.15) is 29.8 Å². The maximum Gasteiger partial charge on any atom is 0.417 e. The zero-order valence-electron chi connectivity index (χ0n) is 17.4. The van der Waals surface area contributed by atoms with Gasteiger partial charge in [0.2, 0.25) is 5.95 Å². The largest absolute Gasteiger partial charge is 0.417 e. The SMILES string of the molecule is O=C1NC(=O)C(=Cc2ccnc(N3CCC(CNCc4ccc(C(F)(F)F)cn4)CC3)n2)S1. The maximum atomic E-state index is 12.6. The molecule has 2 aromatic heterocycles. The van der Waals surface area contributed by atoms with E-state index >= 15 is 0 Å². The lowest BCUT2D eigenvalue weighted by atomic mass is 9.97. The first-order valence-electron chi connectivity index (χ1n) is 10.3. The number of anilines is 1. The van der Waals surface area contributed by atoms with E-state index in [0.29, 0.717) is 34.7 Å². The second-order valence-corrected chi connectivity index (χ2v) is 8.75. The molecule has 0 unspecified atom stereocenters. The number of rotatable bonds is 6. The Hall–Kier alpha value is -2.99. The fourth-order valence-electron chi connectivity index (χ4n) is 3.59. The standard InChI is InChI=1S/C21H21F3N6O2S/c22-21(23,24)14-1-2-16(27-11-14)12-25-10-13-4-7-30(8-5-13)19-26-6-3-15(28-19)9-17-18(31)29-20(32)33-17/h1-3,6,9,11,13,25H,4-5,7-8,10,12H2,(H,29,31,32). The van der Waals surface area contributed by atoms with Crippen LogP contribution in [0, 0.1) is 5.92 Å². The Bertz CT molecular complexity index is 1050. The van der Waals surface area contributed by atoms with E-state index in [2.05, 4.69) is 30.5 Å². The van der Waals surface area contributed by atoms with E-state index in [1.54, 1.807) is 18.3 Å². The highest BCUT2D eigenvalue weighted by Gasteiger charge is 2.30. The molecule has 0 atom stereocenters. The number of carbonyl (C=O) groups excluding carboxylic acids is 2. The molecular formula is C21H21F3N6O2S. The molecule has 0 spiro atoms. The number of thioether (sulfide) groups is 1. The van der Waals surface area contributed by atoms with Crippen molar-refractivity contribution in [2.45, 2.75) is 25.6 Å². The average Bonchev–Trinajstić information content (AvgIpc) is 3.10. The summed E-state index contributed by atoms with van der Waals surface area (Å²) >= 11 is 0.844. The predicted octanol–water partition coefficient (Wildman–Crippen LogP) is 3.22. The van der Waals surface area contributed by atoms with Crippen LogP contribution in [0.5, 0.6) is 0 Å². The molecule has 2 saturated heterocycles. The average molecular weight is 479 g/mol. The van der Waals surface area contributed by atoms with Crippen molar-refractivity contribution in [3.63, 3.8) is 0 Å². The summed E-state index contributed by atoms with van der Waals surface area (Å²) < 4.78 is 37.8. The summed E-state index contributed by atoms with van der Waals surface area (Å²) in [6, 6.07) is 4.11. The lowest BCUT2D eigenvalue weighted by molar-refractivity contribution is -0.137. The number of hydrogen-bond donors (Lipinski definition) is 2. The fraction of sp³-hybridized carbons (Fsp3) is 0.381. The van der Waals surface area contributed by atoms with E-state index in [4.69, 9.17) is 0 Å². The van der Waals surface area contributed by atoms with Gasteiger partial charge >= 0.3 is 6.18 Å². The van der Waals surface area contributed by atoms with Gasteiger partial charge in [-0.15, -0.1) is 0 Å². The van der Waals surface area contributed by atoms with Gasteiger partial charge in [-0.1, -0.05) is 0 Å². The second kappa shape index (κ2) is 9.87. The number of halogens is 3. The van der Waals surface area contributed by atoms with Gasteiger partial charge in [0.1, 0.15) is 0 Å². The third-order valence-corrected chi connectivity index (χ3v) is 6.18. The number of carbonyl (C=O) groups is 2. The predicted molar refractivity (Wildman–Crippen MR) is 117 cm³/mol. The maximum absolute atomic E-state index is 12.6. The van der Waals surface area contributed by atoms with Gasteiger partial charge in [0.05, 0.1) is 21.9 Å². The number of amides is 2. The number of nitrogens with one attached hydrogen (secondary N) is 2. The van der Waals surface area contributed by atoms with Crippen molar-refractivity contribution in [1.82, 2.24) is 25.6 Å². The molecule has 0 bridgehead atoms. The molecule has 2 aliphatic heterocycles. The minimum absolute atomic E-state index is 0.303. The smallest absolute Gasteiger partial charge is 0.341 e. The van der Waals surface area contributed by atoms with Gasteiger partial charge in [-0.25, -0.2) is 9.97 Å². The molecule has 2 amide bonds. The van der Waals surface area contributed by atoms with Gasteiger partial charge in [0.15, 0.2) is 0 Å². The van der Waals surface area contributed by atoms with E-state index in [1.165, 1.54) is 6.07 Å². The topological polar surface area (TPSA) is 100 Å². The Morgan fingerprint density at radius 1 is 1.18 bits per heavy atom. The summed E-state index contributed by atoms with van der Waals surface area (Å²) in [5.41, 5.74) is 0.371. The Balaban J connectivity index is 1.25. The van der Waals surface area contributed by atoms with Crippen LogP contribution in [0.3, 0.4) is 0 Å². The van der Waals surface area contributed by atoms with Crippen LogP contribution in [-0.2, 0) is 17.5 Å². The number of hydrogen-bond acceptors (Lipinski definition) is 8. The molecule has 8 nitrogen and oxygen atoms in total. The minimum atomic E-state index is -4.38. The molecule has 174 valence electrons. The third-order valence-electron chi connectivity index (χ3n) is 5.37. The minimum Gasteiger partial charge on any atom is -0.341 e. The van der Waals surface area contributed by atoms with Gasteiger partial charge < -0.3 is 10.2 Å². The zero-order chi connectivity index (χ0) is 23.4. The number of imide groups is 1. The molecule has 4 heterocycles. The first kappa shape index (κ1) is 23.2. The Morgan fingerprint density at radius 3 is 2.61 bits per heavy atom. The number of alkyl halides is 3. The van der Waals surface area contributed by atoms with Crippen LogP contribution in [0.2, 0.25) is 0 Å². The lowest BCUT2D eigenvalue weighted by Crippen LogP contribution is -2.38. The molecule has 2 N–H and O–H groups in total. The molecule has 0 aromatic carbocycles. The zero-order valence-corrected chi connectivity index (χ0v) is 18.2. The van der Waals surface area contributed by atoms with Crippen molar-refractivity contribution in [3.05, 3.63) is 52.4 Å². The molecule has 33 heavy (non-hydrogen) atoms. The summed E-state index contributed by atoms with van der Waals surface area (Å²) in [5.74, 6) is 0.565. The van der Waals surface area contributed by atoms with Crippen molar-refractivity contribution in [2.75, 3.05) is 24.5 Å². The Kier molecular flexibility index (Phi) is 6.94. The quantitative estimate of drug-likeness (QED) is 0.611. The molecular weight excluding hydrogens is 457 g/mol. The van der Waals surface area contributed by atoms with E-state index in [0.717, 1.165) is 56.5 Å². The Labute approximate surface area is 192 Å². The molecule has 0 aliphatic carbocycles. The van der Waals surface area contributed by atoms with Crippen molar-refractivity contribution >= 4 is 34.9 Å². The van der Waals surface area contributed by atoms with Gasteiger partial charge in [-0.2, -0.15) is 13.2 Å². The van der Waals surface area contributed by atoms with Crippen molar-refractivity contribution in [1.29, 1.82) is 0 Å². The van der Waals surface area contributed by atoms with Gasteiger partial charge in [0, 0.05) is 32.0 Å². The summed E-state index contributed by atoms with van der Waals surface area (Å²) in [4.78, 5) is 38.1. The first-order valence-corrected chi connectivity index (χ1v) is 11.2. The third kappa shape index (κ3) is 6.08. The van der Waals surface area contributed by atoms with Crippen LogP contribution in [0.15, 0.2) is 35.5 Å². The summed E-state index contributed by atoms with van der Waals surface area (Å²) in [5, 5.41) is 5.09. The van der Waals surface area contributed by atoms with Gasteiger partial charge in [0.25, 0.3) is 11.1 Å². The van der Waals surface area contributed by atoms with E-state index in [1.807, 2.05) is 0 Å². The van der Waals surface area contributed by atoms with Crippen LogP contribution in [-0.4, -0.2) is 45.7 Å². The van der Waals surface area contributed by atoms with Crippen molar-refractivity contribution < 1.29 is 22.8 Å². The second-order valence-electron chi connectivity index (χ2n) is 7.73. The van der Waals surface area contributed by atoms with E-state index < -0.39 is 22.9 Å². The van der Waals surface area contributed by atoms with Gasteiger partial charge in [-0.3, -0.25) is 19.9 Å². The molecule has 0 saturated carbocycles. The molecule has 2 aliphatic rings. The van der Waals surface area contributed by atoms with Crippen molar-refractivity contribution in [2.24, 2.45) is 5.92 Å². The van der Waals surface area contributed by atoms with Crippen LogP contribution in [0.4, 0.5) is 23.9 Å². The Morgan fingerprint density at radius 2 is 1.97 bits per heavy atom.